The summed E-state index contributed by atoms with van der Waals surface area (Å²) < 4.78 is 17.5. The van der Waals surface area contributed by atoms with Crippen LogP contribution in [0, 0.1) is 6.92 Å². The molecule has 1 N–H and O–H groups in total. The maximum Gasteiger partial charge on any atom is 0.251 e. The summed E-state index contributed by atoms with van der Waals surface area (Å²) in [6, 6.07) is 12.8. The summed E-state index contributed by atoms with van der Waals surface area (Å²) in [4.78, 5) is 19.1. The molecule has 9 heteroatoms. The number of aryl methyl sites for hydroxylation is 1. The third kappa shape index (κ3) is 4.24. The predicted octanol–water partition coefficient (Wildman–Crippen LogP) is 3.76. The lowest BCUT2D eigenvalue weighted by molar-refractivity contribution is 0.0953. The first-order valence-electron chi connectivity index (χ1n) is 10.0. The number of benzene rings is 2. The second-order valence-corrected chi connectivity index (χ2v) is 8.11. The normalized spacial score (nSPS) is 10.9. The quantitative estimate of drug-likeness (QED) is 0.438. The zero-order valence-electron chi connectivity index (χ0n) is 18.3. The number of methoxy groups -OCH3 is 3. The van der Waals surface area contributed by atoms with E-state index in [2.05, 4.69) is 15.4 Å². The van der Waals surface area contributed by atoms with Gasteiger partial charge in [-0.1, -0.05) is 11.3 Å². The fraction of sp³-hybridized carbons (Fsp3) is 0.261. The number of aromatic nitrogens is 3. The van der Waals surface area contributed by atoms with E-state index in [9.17, 15) is 4.79 Å². The van der Waals surface area contributed by atoms with E-state index in [1.807, 2.05) is 35.7 Å². The van der Waals surface area contributed by atoms with Gasteiger partial charge in [0, 0.05) is 29.0 Å². The SMILES string of the molecule is COc1ccc(-c2nc3sc(CCNC(=O)c4ccc(OC)c(OC)c4)c(C)n3n2)cc1. The van der Waals surface area contributed by atoms with Crippen molar-refractivity contribution in [3.05, 3.63) is 58.6 Å². The molecule has 0 fully saturated rings. The second-order valence-electron chi connectivity index (χ2n) is 7.04. The summed E-state index contributed by atoms with van der Waals surface area (Å²) in [6.07, 6.45) is 0.693. The third-order valence-corrected chi connectivity index (χ3v) is 6.34. The van der Waals surface area contributed by atoms with Gasteiger partial charge < -0.3 is 19.5 Å². The summed E-state index contributed by atoms with van der Waals surface area (Å²) in [5.74, 6) is 2.42. The molecule has 4 rings (SSSR count). The molecule has 166 valence electrons. The minimum Gasteiger partial charge on any atom is -0.497 e. The lowest BCUT2D eigenvalue weighted by Crippen LogP contribution is -2.25. The van der Waals surface area contributed by atoms with E-state index in [0.29, 0.717) is 35.9 Å². The van der Waals surface area contributed by atoms with Crippen molar-refractivity contribution >= 4 is 22.2 Å². The Kier molecular flexibility index (Phi) is 6.27. The van der Waals surface area contributed by atoms with Crippen molar-refractivity contribution < 1.29 is 19.0 Å². The van der Waals surface area contributed by atoms with Gasteiger partial charge in [-0.2, -0.15) is 4.98 Å². The number of thiazole rings is 1. The zero-order valence-corrected chi connectivity index (χ0v) is 19.2. The average molecular weight is 453 g/mol. The Morgan fingerprint density at radius 2 is 1.78 bits per heavy atom. The Hall–Kier alpha value is -3.59. The van der Waals surface area contributed by atoms with E-state index in [0.717, 1.165) is 26.8 Å². The number of nitrogens with one attached hydrogen (secondary N) is 1. The summed E-state index contributed by atoms with van der Waals surface area (Å²) in [5.41, 5.74) is 2.48. The van der Waals surface area contributed by atoms with E-state index in [1.54, 1.807) is 50.9 Å². The first-order chi connectivity index (χ1) is 15.5. The van der Waals surface area contributed by atoms with Crippen molar-refractivity contribution in [1.82, 2.24) is 19.9 Å². The van der Waals surface area contributed by atoms with Crippen LogP contribution in [0.3, 0.4) is 0 Å². The average Bonchev–Trinajstić information content (AvgIpc) is 3.37. The molecule has 2 heterocycles. The molecule has 1 amide bonds. The molecule has 8 nitrogen and oxygen atoms in total. The van der Waals surface area contributed by atoms with Crippen molar-refractivity contribution in [3.63, 3.8) is 0 Å². The third-order valence-electron chi connectivity index (χ3n) is 5.14. The van der Waals surface area contributed by atoms with Gasteiger partial charge in [0.25, 0.3) is 5.91 Å². The van der Waals surface area contributed by atoms with E-state index in [-0.39, 0.29) is 5.91 Å². The van der Waals surface area contributed by atoms with Crippen LogP contribution in [0.2, 0.25) is 0 Å². The number of amides is 1. The fourth-order valence-electron chi connectivity index (χ4n) is 3.35. The number of hydrogen-bond donors (Lipinski definition) is 1. The topological polar surface area (TPSA) is 87.0 Å². The molecule has 4 aromatic rings. The second kappa shape index (κ2) is 9.27. The van der Waals surface area contributed by atoms with E-state index < -0.39 is 0 Å². The van der Waals surface area contributed by atoms with Crippen LogP contribution in [0.1, 0.15) is 20.9 Å². The number of carbonyl (C=O) groups excluding carboxylic acids is 1. The summed E-state index contributed by atoms with van der Waals surface area (Å²) >= 11 is 1.58. The lowest BCUT2D eigenvalue weighted by atomic mass is 10.2. The van der Waals surface area contributed by atoms with Crippen molar-refractivity contribution in [2.75, 3.05) is 27.9 Å². The molecule has 2 aromatic heterocycles. The Morgan fingerprint density at radius 3 is 2.44 bits per heavy atom. The number of ether oxygens (including phenoxy) is 3. The minimum absolute atomic E-state index is 0.162. The highest BCUT2D eigenvalue weighted by atomic mass is 32.1. The van der Waals surface area contributed by atoms with Crippen LogP contribution >= 0.6 is 11.3 Å². The fourth-order valence-corrected chi connectivity index (χ4v) is 4.40. The van der Waals surface area contributed by atoms with Gasteiger partial charge >= 0.3 is 0 Å². The van der Waals surface area contributed by atoms with Gasteiger partial charge in [-0.15, -0.1) is 5.10 Å². The van der Waals surface area contributed by atoms with Gasteiger partial charge in [0.05, 0.1) is 27.0 Å². The molecule has 0 atom stereocenters. The van der Waals surface area contributed by atoms with Gasteiger partial charge in [0.2, 0.25) is 4.96 Å². The van der Waals surface area contributed by atoms with Gasteiger partial charge in [-0.05, 0) is 49.4 Å². The lowest BCUT2D eigenvalue weighted by Gasteiger charge is -2.10. The highest BCUT2D eigenvalue weighted by molar-refractivity contribution is 7.17. The first-order valence-corrected chi connectivity index (χ1v) is 10.9. The molecule has 2 aromatic carbocycles. The minimum atomic E-state index is -0.162. The number of rotatable bonds is 8. The van der Waals surface area contributed by atoms with Crippen LogP contribution in [-0.2, 0) is 6.42 Å². The molecule has 0 aliphatic heterocycles. The Morgan fingerprint density at radius 1 is 1.03 bits per heavy atom. The highest BCUT2D eigenvalue weighted by Crippen LogP contribution is 2.28. The predicted molar refractivity (Wildman–Crippen MR) is 123 cm³/mol. The molecule has 0 spiro atoms. The molecular formula is C23H24N4O4S. The zero-order chi connectivity index (χ0) is 22.7. The van der Waals surface area contributed by atoms with Gasteiger partial charge in [0.1, 0.15) is 5.75 Å². The molecule has 0 unspecified atom stereocenters. The van der Waals surface area contributed by atoms with Crippen LogP contribution in [0.5, 0.6) is 17.2 Å². The summed E-state index contributed by atoms with van der Waals surface area (Å²) in [5, 5.41) is 7.60. The van der Waals surface area contributed by atoms with Crippen molar-refractivity contribution in [2.24, 2.45) is 0 Å². The Labute approximate surface area is 189 Å². The van der Waals surface area contributed by atoms with E-state index in [4.69, 9.17) is 14.2 Å². The molecule has 32 heavy (non-hydrogen) atoms. The van der Waals surface area contributed by atoms with Gasteiger partial charge in [-0.3, -0.25) is 4.79 Å². The van der Waals surface area contributed by atoms with Crippen molar-refractivity contribution in [2.45, 2.75) is 13.3 Å². The van der Waals surface area contributed by atoms with Crippen molar-refractivity contribution in [1.29, 1.82) is 0 Å². The first kappa shape index (κ1) is 21.6. The largest absolute Gasteiger partial charge is 0.497 e. The number of fused-ring (bicyclic) bond motifs is 1. The molecule has 0 saturated heterocycles. The monoisotopic (exact) mass is 452 g/mol. The van der Waals surface area contributed by atoms with E-state index >= 15 is 0 Å². The maximum absolute atomic E-state index is 12.5. The smallest absolute Gasteiger partial charge is 0.251 e. The van der Waals surface area contributed by atoms with Crippen LogP contribution < -0.4 is 19.5 Å². The molecule has 0 aliphatic rings. The standard InChI is InChI=1S/C23H24N4O4S/c1-14-20(11-12-24-22(28)16-7-10-18(30-3)19(13-16)31-4)32-23-25-21(26-27(14)23)15-5-8-17(29-2)9-6-15/h5-10,13H,11-12H2,1-4H3,(H,24,28). The Balaban J connectivity index is 1.42. The molecular weight excluding hydrogens is 428 g/mol. The van der Waals surface area contributed by atoms with Crippen LogP contribution in [0.4, 0.5) is 0 Å². The number of nitrogens with zero attached hydrogens (tertiary/aromatic N) is 3. The summed E-state index contributed by atoms with van der Waals surface area (Å²) in [7, 11) is 4.75. The molecule has 0 saturated carbocycles. The number of carbonyl (C=O) groups is 1. The molecule has 0 radical (unpaired) electrons. The van der Waals surface area contributed by atoms with Gasteiger partial charge in [-0.25, -0.2) is 4.52 Å². The van der Waals surface area contributed by atoms with Crippen LogP contribution in [-0.4, -0.2) is 48.4 Å². The van der Waals surface area contributed by atoms with E-state index in [1.165, 1.54) is 0 Å². The molecule has 0 aliphatic carbocycles. The van der Waals surface area contributed by atoms with Gasteiger partial charge in [0.15, 0.2) is 17.3 Å². The van der Waals surface area contributed by atoms with Crippen LogP contribution in [0.15, 0.2) is 42.5 Å². The molecule has 0 bridgehead atoms. The summed E-state index contributed by atoms with van der Waals surface area (Å²) in [6.45, 7) is 2.52. The highest BCUT2D eigenvalue weighted by Gasteiger charge is 2.15. The van der Waals surface area contributed by atoms with Crippen LogP contribution in [0.25, 0.3) is 16.3 Å². The van der Waals surface area contributed by atoms with Crippen molar-refractivity contribution in [3.8, 4) is 28.6 Å². The maximum atomic E-state index is 12.5. The number of hydrogen-bond acceptors (Lipinski definition) is 7. The Bertz CT molecular complexity index is 1250.